The maximum Gasteiger partial charge on any atom is 0.245 e. The molecule has 0 amide bonds. The van der Waals surface area contributed by atoms with Crippen molar-refractivity contribution in [3.8, 4) is 23.0 Å². The van der Waals surface area contributed by atoms with E-state index in [1.54, 1.807) is 43.4 Å². The third kappa shape index (κ3) is 5.74. The Bertz CT molecular complexity index is 1500. The van der Waals surface area contributed by atoms with Crippen molar-refractivity contribution >= 4 is 21.4 Å². The van der Waals surface area contributed by atoms with E-state index in [4.69, 9.17) is 0 Å². The summed E-state index contributed by atoms with van der Waals surface area (Å²) in [6.45, 7) is 3.72. The number of halogens is 1. The molecule has 0 saturated heterocycles. The molecule has 2 aliphatic rings. The van der Waals surface area contributed by atoms with Crippen LogP contribution in [0.2, 0.25) is 0 Å². The van der Waals surface area contributed by atoms with Gasteiger partial charge < -0.3 is 10.0 Å². The van der Waals surface area contributed by atoms with Gasteiger partial charge in [0.1, 0.15) is 16.3 Å². The summed E-state index contributed by atoms with van der Waals surface area (Å²) >= 11 is 0. The van der Waals surface area contributed by atoms with Crippen LogP contribution >= 0.6 is 0 Å². The summed E-state index contributed by atoms with van der Waals surface area (Å²) in [4.78, 5) is 2.29. The van der Waals surface area contributed by atoms with Crippen LogP contribution in [0.1, 0.15) is 51.5 Å². The van der Waals surface area contributed by atoms with E-state index in [9.17, 15) is 17.9 Å². The minimum absolute atomic E-state index is 0.192. The maximum atomic E-state index is 14.3. The second-order valence-electron chi connectivity index (χ2n) is 11.1. The lowest BCUT2D eigenvalue weighted by Gasteiger charge is -2.36. The number of hydrogen-bond donors (Lipinski definition) is 1. The number of nitrogens with zero attached hydrogens (tertiary/aromatic N) is 2. The number of hydrogen-bond acceptors (Lipinski definition) is 4. The number of para-hydroxylation sites is 1. The molecule has 3 aromatic carbocycles. The standard InChI is InChI=1S/C32H35FN2O3S/c1-32(2,36)19-18-25-20-29-31(21-28(25)23-14-16-26(33)17-15-23)39(37,38)34(3)30(24-10-6-4-7-11-24)22-35(29)27-12-8-5-9-13-27/h5,8-9,12-17,20-21,24,30,36H,4,6-7,10-11,22H2,1-3H3/t30-/m0/s1. The molecule has 1 fully saturated rings. The SMILES string of the molecule is CN1[C@H](C2CCCCC2)CN(c2ccccc2)c2cc(C#CC(C)(C)O)c(-c3ccc(F)cc3)cc2S1(=O)=O. The lowest BCUT2D eigenvalue weighted by atomic mass is 9.83. The Balaban J connectivity index is 1.77. The highest BCUT2D eigenvalue weighted by Crippen LogP contribution is 2.43. The van der Waals surface area contributed by atoms with E-state index in [0.717, 1.165) is 31.4 Å². The van der Waals surface area contributed by atoms with E-state index < -0.39 is 15.6 Å². The van der Waals surface area contributed by atoms with Crippen LogP contribution in [0.3, 0.4) is 0 Å². The van der Waals surface area contributed by atoms with Crippen molar-refractivity contribution in [3.05, 3.63) is 78.1 Å². The molecule has 0 spiro atoms. The average molecular weight is 547 g/mol. The zero-order valence-corrected chi connectivity index (χ0v) is 23.5. The van der Waals surface area contributed by atoms with E-state index in [1.165, 1.54) is 18.6 Å². The second-order valence-corrected chi connectivity index (χ2v) is 13.1. The molecule has 1 saturated carbocycles. The van der Waals surface area contributed by atoms with Crippen molar-refractivity contribution in [1.29, 1.82) is 0 Å². The Kier molecular flexibility index (Phi) is 7.56. The van der Waals surface area contributed by atoms with Gasteiger partial charge in [0.25, 0.3) is 0 Å². The van der Waals surface area contributed by atoms with Gasteiger partial charge in [-0.1, -0.05) is 61.4 Å². The summed E-state index contributed by atoms with van der Waals surface area (Å²) in [5.74, 6) is 5.86. The van der Waals surface area contributed by atoms with Gasteiger partial charge in [-0.05, 0) is 80.1 Å². The number of aliphatic hydroxyl groups is 1. The van der Waals surface area contributed by atoms with Crippen molar-refractivity contribution < 1.29 is 17.9 Å². The predicted molar refractivity (Wildman–Crippen MR) is 154 cm³/mol. The summed E-state index contributed by atoms with van der Waals surface area (Å²) in [5.41, 5.74) is 2.00. The molecule has 0 unspecified atom stereocenters. The van der Waals surface area contributed by atoms with Gasteiger partial charge in [-0.15, -0.1) is 0 Å². The second kappa shape index (κ2) is 10.8. The number of anilines is 2. The molecule has 7 heteroatoms. The van der Waals surface area contributed by atoms with Gasteiger partial charge in [-0.3, -0.25) is 0 Å². The number of rotatable bonds is 3. The van der Waals surface area contributed by atoms with Gasteiger partial charge in [0, 0.05) is 30.9 Å². The van der Waals surface area contributed by atoms with Crippen LogP contribution < -0.4 is 4.90 Å². The molecule has 1 aliphatic carbocycles. The van der Waals surface area contributed by atoms with Gasteiger partial charge >= 0.3 is 0 Å². The first-order valence-corrected chi connectivity index (χ1v) is 15.0. The molecule has 1 aliphatic heterocycles. The van der Waals surface area contributed by atoms with E-state index in [1.807, 2.05) is 36.4 Å². The molecule has 0 bridgehead atoms. The highest BCUT2D eigenvalue weighted by atomic mass is 32.2. The monoisotopic (exact) mass is 546 g/mol. The van der Waals surface area contributed by atoms with Gasteiger partial charge in [0.05, 0.1) is 5.69 Å². The maximum absolute atomic E-state index is 14.3. The molecule has 0 aromatic heterocycles. The molecule has 5 rings (SSSR count). The first kappa shape index (κ1) is 27.4. The molecule has 1 atom stereocenters. The molecule has 204 valence electrons. The first-order chi connectivity index (χ1) is 18.5. The van der Waals surface area contributed by atoms with Gasteiger partial charge in [0.2, 0.25) is 10.0 Å². The summed E-state index contributed by atoms with van der Waals surface area (Å²) < 4.78 is 43.9. The van der Waals surface area contributed by atoms with E-state index >= 15 is 0 Å². The number of likely N-dealkylation sites (N-methyl/N-ethyl adjacent to an activating group) is 1. The summed E-state index contributed by atoms with van der Waals surface area (Å²) in [7, 11) is -2.17. The Morgan fingerprint density at radius 1 is 0.974 bits per heavy atom. The largest absolute Gasteiger partial charge is 0.378 e. The average Bonchev–Trinajstić information content (AvgIpc) is 3.00. The Morgan fingerprint density at radius 3 is 2.28 bits per heavy atom. The topological polar surface area (TPSA) is 60.9 Å². The quantitative estimate of drug-likeness (QED) is 0.390. The minimum Gasteiger partial charge on any atom is -0.378 e. The van der Waals surface area contributed by atoms with Crippen molar-refractivity contribution in [3.63, 3.8) is 0 Å². The molecular formula is C32H35FN2O3S. The fourth-order valence-electron chi connectivity index (χ4n) is 5.73. The fraction of sp³-hybridized carbons (Fsp3) is 0.375. The van der Waals surface area contributed by atoms with Gasteiger partial charge in [-0.2, -0.15) is 4.31 Å². The van der Waals surface area contributed by atoms with Crippen molar-refractivity contribution in [2.24, 2.45) is 5.92 Å². The lowest BCUT2D eigenvalue weighted by Crippen LogP contribution is -2.46. The normalized spacial score (nSPS) is 20.0. The smallest absolute Gasteiger partial charge is 0.245 e. The highest BCUT2D eigenvalue weighted by molar-refractivity contribution is 7.89. The van der Waals surface area contributed by atoms with Crippen molar-refractivity contribution in [1.82, 2.24) is 4.31 Å². The third-order valence-electron chi connectivity index (χ3n) is 7.80. The van der Waals surface area contributed by atoms with Crippen LogP contribution in [-0.4, -0.2) is 43.1 Å². The molecule has 5 nitrogen and oxygen atoms in total. The number of sulfonamides is 1. The van der Waals surface area contributed by atoms with Gasteiger partial charge in [-0.25, -0.2) is 12.8 Å². The zero-order chi connectivity index (χ0) is 27.8. The molecule has 1 N–H and O–H groups in total. The molecule has 1 heterocycles. The predicted octanol–water partition coefficient (Wildman–Crippen LogP) is 6.34. The summed E-state index contributed by atoms with van der Waals surface area (Å²) in [6, 6.07) is 19.1. The fourth-order valence-corrected chi connectivity index (χ4v) is 7.33. The van der Waals surface area contributed by atoms with Crippen LogP contribution in [0.4, 0.5) is 15.8 Å². The highest BCUT2D eigenvalue weighted by Gasteiger charge is 2.41. The summed E-state index contributed by atoms with van der Waals surface area (Å²) in [5, 5.41) is 10.4. The van der Waals surface area contributed by atoms with Crippen LogP contribution in [-0.2, 0) is 10.0 Å². The molecule has 0 radical (unpaired) electrons. The van der Waals surface area contributed by atoms with Crippen LogP contribution in [0, 0.1) is 23.6 Å². The van der Waals surface area contributed by atoms with Crippen molar-refractivity contribution in [2.45, 2.75) is 62.5 Å². The third-order valence-corrected chi connectivity index (χ3v) is 9.72. The zero-order valence-electron chi connectivity index (χ0n) is 22.7. The lowest BCUT2D eigenvalue weighted by molar-refractivity contribution is 0.143. The van der Waals surface area contributed by atoms with Crippen molar-refractivity contribution in [2.75, 3.05) is 18.5 Å². The Hall–Kier alpha value is -3.18. The Labute approximate surface area is 231 Å². The van der Waals surface area contributed by atoms with E-state index in [-0.39, 0.29) is 22.7 Å². The Morgan fingerprint density at radius 2 is 1.64 bits per heavy atom. The minimum atomic E-state index is -3.88. The first-order valence-electron chi connectivity index (χ1n) is 13.5. The molecular weight excluding hydrogens is 511 g/mol. The van der Waals surface area contributed by atoms with Gasteiger partial charge in [0.15, 0.2) is 0 Å². The van der Waals surface area contributed by atoms with Crippen LogP contribution in [0.25, 0.3) is 11.1 Å². The van der Waals surface area contributed by atoms with E-state index in [2.05, 4.69) is 16.7 Å². The molecule has 3 aromatic rings. The van der Waals surface area contributed by atoms with E-state index in [0.29, 0.717) is 28.9 Å². The summed E-state index contributed by atoms with van der Waals surface area (Å²) in [6.07, 6.45) is 5.42. The van der Waals surface area contributed by atoms with Crippen LogP contribution in [0.15, 0.2) is 71.6 Å². The number of benzene rings is 3. The molecule has 39 heavy (non-hydrogen) atoms. The van der Waals surface area contributed by atoms with Crippen LogP contribution in [0.5, 0.6) is 0 Å². The number of fused-ring (bicyclic) bond motifs is 1.